The van der Waals surface area contributed by atoms with E-state index in [1.807, 2.05) is 44.4 Å². The number of rotatable bonds is 6. The van der Waals surface area contributed by atoms with Crippen molar-refractivity contribution in [3.8, 4) is 0 Å². The fourth-order valence-corrected chi connectivity index (χ4v) is 3.91. The van der Waals surface area contributed by atoms with E-state index >= 15 is 0 Å². The normalized spacial score (nSPS) is 16.8. The van der Waals surface area contributed by atoms with Crippen LogP contribution in [0.15, 0.2) is 53.7 Å². The Kier molecular flexibility index (Phi) is 5.50. The van der Waals surface area contributed by atoms with Crippen molar-refractivity contribution in [2.75, 3.05) is 32.1 Å². The molecule has 3 rings (SSSR count). The van der Waals surface area contributed by atoms with Crippen molar-refractivity contribution >= 4 is 29.1 Å². The summed E-state index contributed by atoms with van der Waals surface area (Å²) in [5.74, 6) is -0.317. The van der Waals surface area contributed by atoms with Gasteiger partial charge in [-0.25, -0.2) is 4.98 Å². The highest BCUT2D eigenvalue weighted by atomic mass is 32.2. The van der Waals surface area contributed by atoms with Gasteiger partial charge in [0.15, 0.2) is 11.0 Å². The van der Waals surface area contributed by atoms with E-state index < -0.39 is 5.25 Å². The van der Waals surface area contributed by atoms with Crippen LogP contribution in [0.5, 0.6) is 0 Å². The van der Waals surface area contributed by atoms with E-state index in [1.54, 1.807) is 23.2 Å². The Hall–Kier alpha value is -2.18. The number of thioether (sulfide) groups is 1. The number of aromatic nitrogens is 1. The number of benzene rings is 1. The topological polar surface area (TPSA) is 53.5 Å². The lowest BCUT2D eigenvalue weighted by atomic mass is 10.1. The first-order valence-electron chi connectivity index (χ1n) is 8.25. The Balaban J connectivity index is 1.87. The van der Waals surface area contributed by atoms with Crippen molar-refractivity contribution in [1.29, 1.82) is 0 Å². The second kappa shape index (κ2) is 7.80. The van der Waals surface area contributed by atoms with Crippen LogP contribution in [0.4, 0.5) is 5.69 Å². The van der Waals surface area contributed by atoms with Gasteiger partial charge >= 0.3 is 0 Å². The van der Waals surface area contributed by atoms with E-state index in [9.17, 15) is 9.59 Å². The maximum Gasteiger partial charge on any atom is 0.248 e. The summed E-state index contributed by atoms with van der Waals surface area (Å²) >= 11 is 1.25. The molecule has 1 amide bonds. The molecule has 2 aromatic rings. The molecule has 0 saturated carbocycles. The minimum absolute atomic E-state index is 0.155. The number of anilines is 1. The number of pyridine rings is 1. The molecule has 2 heterocycles. The van der Waals surface area contributed by atoms with Gasteiger partial charge in [-0.1, -0.05) is 42.1 Å². The van der Waals surface area contributed by atoms with Gasteiger partial charge in [0.1, 0.15) is 5.03 Å². The van der Waals surface area contributed by atoms with Crippen LogP contribution in [-0.4, -0.2) is 54.0 Å². The number of ketones is 1. The molecule has 1 aliphatic heterocycles. The van der Waals surface area contributed by atoms with Crippen molar-refractivity contribution in [3.05, 3.63) is 54.2 Å². The highest BCUT2D eigenvalue weighted by Gasteiger charge is 2.38. The lowest BCUT2D eigenvalue weighted by molar-refractivity contribution is -0.117. The SMILES string of the molecule is CN(C)CCCN1C(=O)C(C(=O)c2ccccc2)Sc2ncccc21. The van der Waals surface area contributed by atoms with Gasteiger partial charge in [0.05, 0.1) is 5.69 Å². The number of hydrogen-bond acceptors (Lipinski definition) is 5. The first kappa shape index (κ1) is 17.6. The summed E-state index contributed by atoms with van der Waals surface area (Å²) in [6.07, 6.45) is 2.54. The molecule has 0 fully saturated rings. The number of Topliss-reactive ketones (excluding diaryl/α,β-unsaturated/α-hetero) is 1. The van der Waals surface area contributed by atoms with E-state index in [0.29, 0.717) is 12.1 Å². The smallest absolute Gasteiger partial charge is 0.248 e. The third kappa shape index (κ3) is 3.91. The largest absolute Gasteiger partial charge is 0.309 e. The first-order chi connectivity index (χ1) is 12.1. The van der Waals surface area contributed by atoms with Crippen molar-refractivity contribution in [2.24, 2.45) is 0 Å². The lowest BCUT2D eigenvalue weighted by Gasteiger charge is -2.32. The Morgan fingerprint density at radius 2 is 1.96 bits per heavy atom. The van der Waals surface area contributed by atoms with Crippen molar-refractivity contribution in [3.63, 3.8) is 0 Å². The Morgan fingerprint density at radius 1 is 1.20 bits per heavy atom. The minimum Gasteiger partial charge on any atom is -0.309 e. The molecule has 1 aromatic heterocycles. The highest BCUT2D eigenvalue weighted by molar-refractivity contribution is 8.01. The first-order valence-corrected chi connectivity index (χ1v) is 9.13. The zero-order valence-corrected chi connectivity index (χ0v) is 15.2. The molecule has 0 aliphatic carbocycles. The van der Waals surface area contributed by atoms with E-state index in [-0.39, 0.29) is 11.7 Å². The molecule has 1 unspecified atom stereocenters. The third-order valence-corrected chi connectivity index (χ3v) is 5.23. The summed E-state index contributed by atoms with van der Waals surface area (Å²) in [5.41, 5.74) is 1.36. The average molecular weight is 355 g/mol. The number of amides is 1. The molecular formula is C19H21N3O2S. The predicted molar refractivity (Wildman–Crippen MR) is 100 cm³/mol. The molecule has 6 heteroatoms. The number of hydrogen-bond donors (Lipinski definition) is 0. The maximum atomic E-state index is 13.0. The van der Waals surface area contributed by atoms with Gasteiger partial charge in [0.25, 0.3) is 0 Å². The van der Waals surface area contributed by atoms with Gasteiger partial charge in [-0.2, -0.15) is 0 Å². The van der Waals surface area contributed by atoms with Crippen LogP contribution < -0.4 is 4.90 Å². The van der Waals surface area contributed by atoms with Gasteiger partial charge in [-0.05, 0) is 39.2 Å². The van der Waals surface area contributed by atoms with E-state index in [0.717, 1.165) is 23.7 Å². The molecule has 0 saturated heterocycles. The second-order valence-electron chi connectivity index (χ2n) is 6.20. The third-order valence-electron chi connectivity index (χ3n) is 4.05. The van der Waals surface area contributed by atoms with Crippen LogP contribution in [0.25, 0.3) is 0 Å². The summed E-state index contributed by atoms with van der Waals surface area (Å²) in [6, 6.07) is 12.7. The number of nitrogens with zero attached hydrogens (tertiary/aromatic N) is 3. The van der Waals surface area contributed by atoms with E-state index in [4.69, 9.17) is 0 Å². The Labute approximate surface area is 152 Å². The molecule has 0 spiro atoms. The van der Waals surface area contributed by atoms with Gasteiger partial charge in [0, 0.05) is 18.3 Å². The molecule has 1 aromatic carbocycles. The summed E-state index contributed by atoms with van der Waals surface area (Å²) < 4.78 is 0. The van der Waals surface area contributed by atoms with Crippen LogP contribution in [0.2, 0.25) is 0 Å². The van der Waals surface area contributed by atoms with Crippen molar-refractivity contribution in [2.45, 2.75) is 16.7 Å². The molecule has 0 N–H and O–H groups in total. The molecule has 25 heavy (non-hydrogen) atoms. The van der Waals surface area contributed by atoms with Gasteiger partial charge in [0.2, 0.25) is 5.91 Å². The van der Waals surface area contributed by atoms with Crippen molar-refractivity contribution < 1.29 is 9.59 Å². The summed E-state index contributed by atoms with van der Waals surface area (Å²) in [7, 11) is 4.01. The number of fused-ring (bicyclic) bond motifs is 1. The van der Waals surface area contributed by atoms with Crippen LogP contribution in [0, 0.1) is 0 Å². The van der Waals surface area contributed by atoms with Crippen LogP contribution in [0.1, 0.15) is 16.8 Å². The monoisotopic (exact) mass is 355 g/mol. The average Bonchev–Trinajstić information content (AvgIpc) is 2.63. The molecule has 130 valence electrons. The number of carbonyl (C=O) groups is 2. The number of carbonyl (C=O) groups excluding carboxylic acids is 2. The summed E-state index contributed by atoms with van der Waals surface area (Å²) in [5, 5.41) is -0.0367. The van der Waals surface area contributed by atoms with E-state index in [1.165, 1.54) is 11.8 Å². The van der Waals surface area contributed by atoms with Crippen LogP contribution in [-0.2, 0) is 4.79 Å². The van der Waals surface area contributed by atoms with Crippen molar-refractivity contribution in [1.82, 2.24) is 9.88 Å². The quantitative estimate of drug-likeness (QED) is 0.589. The van der Waals surface area contributed by atoms with Crippen LogP contribution in [0.3, 0.4) is 0 Å². The summed E-state index contributed by atoms with van der Waals surface area (Å²) in [6.45, 7) is 1.46. The zero-order valence-electron chi connectivity index (χ0n) is 14.4. The lowest BCUT2D eigenvalue weighted by Crippen LogP contribution is -2.45. The summed E-state index contributed by atoms with van der Waals surface area (Å²) in [4.78, 5) is 34.0. The Morgan fingerprint density at radius 3 is 2.68 bits per heavy atom. The predicted octanol–water partition coefficient (Wildman–Crippen LogP) is 2.72. The maximum absolute atomic E-state index is 13.0. The fraction of sp³-hybridized carbons (Fsp3) is 0.316. The molecule has 5 nitrogen and oxygen atoms in total. The molecule has 1 aliphatic rings. The van der Waals surface area contributed by atoms with E-state index in [2.05, 4.69) is 9.88 Å². The van der Waals surface area contributed by atoms with Gasteiger partial charge in [-0.15, -0.1) is 0 Å². The highest BCUT2D eigenvalue weighted by Crippen LogP contribution is 2.38. The van der Waals surface area contributed by atoms with Gasteiger partial charge in [-0.3, -0.25) is 9.59 Å². The molecular weight excluding hydrogens is 334 g/mol. The van der Waals surface area contributed by atoms with Gasteiger partial charge < -0.3 is 9.80 Å². The minimum atomic E-state index is -0.774. The fourth-order valence-electron chi connectivity index (χ4n) is 2.80. The van der Waals surface area contributed by atoms with Crippen LogP contribution >= 0.6 is 11.8 Å². The Bertz CT molecular complexity index is 764. The molecule has 0 bridgehead atoms. The molecule has 0 radical (unpaired) electrons. The standard InChI is InChI=1S/C19H21N3O2S/c1-21(2)12-7-13-22-15-10-6-11-20-18(15)25-17(19(22)24)16(23)14-8-4-3-5-9-14/h3-6,8-11,17H,7,12-13H2,1-2H3. The zero-order chi connectivity index (χ0) is 17.8. The molecule has 1 atom stereocenters. The second-order valence-corrected chi connectivity index (χ2v) is 7.30.